The van der Waals surface area contributed by atoms with Crippen LogP contribution in [0.1, 0.15) is 25.7 Å². The Morgan fingerprint density at radius 2 is 1.71 bits per heavy atom. The van der Waals surface area contributed by atoms with Gasteiger partial charge in [0.1, 0.15) is 5.82 Å². The summed E-state index contributed by atoms with van der Waals surface area (Å²) < 4.78 is 39.3. The molecule has 0 radical (unpaired) electrons. The van der Waals surface area contributed by atoms with E-state index < -0.39 is 18.1 Å². The van der Waals surface area contributed by atoms with Crippen LogP contribution >= 0.6 is 23.2 Å². The minimum absolute atomic E-state index is 0.0483. The molecule has 8 nitrogen and oxygen atoms in total. The molecule has 1 aliphatic carbocycles. The van der Waals surface area contributed by atoms with Gasteiger partial charge in [-0.3, -0.25) is 9.48 Å². The number of carbonyl (C=O) groups is 1. The molecule has 1 fully saturated rings. The Bertz CT molecular complexity index is 1190. The second-order valence-electron chi connectivity index (χ2n) is 8.31. The highest BCUT2D eigenvalue weighted by Crippen LogP contribution is 2.31. The summed E-state index contributed by atoms with van der Waals surface area (Å²) in [6.45, 7) is 0. The first kappa shape index (κ1) is 25.1. The number of amides is 1. The number of carbonyl (C=O) groups excluding carboxylic acids is 1. The van der Waals surface area contributed by atoms with E-state index >= 15 is 0 Å². The summed E-state index contributed by atoms with van der Waals surface area (Å²) in [5.41, 5.74) is 2.14. The molecule has 0 unspecified atom stereocenters. The Hall–Kier alpha value is -3.05. The highest BCUT2D eigenvalue weighted by molar-refractivity contribution is 6.35. The molecule has 13 heteroatoms. The van der Waals surface area contributed by atoms with Crippen LogP contribution in [0.15, 0.2) is 36.8 Å². The lowest BCUT2D eigenvalue weighted by Gasteiger charge is -2.30. The van der Waals surface area contributed by atoms with Gasteiger partial charge in [0.25, 0.3) is 0 Å². The molecule has 186 valence electrons. The van der Waals surface area contributed by atoms with Crippen molar-refractivity contribution in [3.63, 3.8) is 0 Å². The van der Waals surface area contributed by atoms with Gasteiger partial charge in [0.05, 0.1) is 6.20 Å². The maximum absolute atomic E-state index is 12.5. The van der Waals surface area contributed by atoms with E-state index in [2.05, 4.69) is 31.0 Å². The first-order valence-corrected chi connectivity index (χ1v) is 11.6. The zero-order valence-electron chi connectivity index (χ0n) is 18.5. The van der Waals surface area contributed by atoms with E-state index in [1.165, 1.54) is 0 Å². The van der Waals surface area contributed by atoms with Crippen LogP contribution in [0.2, 0.25) is 10.0 Å². The minimum Gasteiger partial charge on any atom is -0.367 e. The summed E-state index contributed by atoms with van der Waals surface area (Å²) in [6.07, 6.45) is 2.26. The molecule has 0 spiro atoms. The largest absolute Gasteiger partial charge is 0.471 e. The van der Waals surface area contributed by atoms with E-state index in [1.54, 1.807) is 42.3 Å². The van der Waals surface area contributed by atoms with Crippen LogP contribution in [0.4, 0.5) is 30.6 Å². The molecule has 0 aliphatic heterocycles. The number of alkyl halides is 3. The lowest BCUT2D eigenvalue weighted by atomic mass is 9.91. The maximum atomic E-state index is 12.5. The first-order valence-electron chi connectivity index (χ1n) is 10.8. The minimum atomic E-state index is -4.88. The van der Waals surface area contributed by atoms with Gasteiger partial charge in [-0.05, 0) is 43.9 Å². The van der Waals surface area contributed by atoms with Crippen molar-refractivity contribution in [2.24, 2.45) is 7.05 Å². The van der Waals surface area contributed by atoms with Crippen molar-refractivity contribution < 1.29 is 18.0 Å². The zero-order valence-corrected chi connectivity index (χ0v) is 20.0. The van der Waals surface area contributed by atoms with Gasteiger partial charge < -0.3 is 16.0 Å². The van der Waals surface area contributed by atoms with E-state index in [0.717, 1.165) is 11.1 Å². The molecule has 1 saturated carbocycles. The third kappa shape index (κ3) is 6.55. The Morgan fingerprint density at radius 3 is 2.31 bits per heavy atom. The van der Waals surface area contributed by atoms with Gasteiger partial charge >= 0.3 is 12.1 Å². The van der Waals surface area contributed by atoms with E-state index in [9.17, 15) is 18.0 Å². The Morgan fingerprint density at radius 1 is 1.06 bits per heavy atom. The molecule has 1 aromatic carbocycles. The molecule has 2 aromatic heterocycles. The summed E-state index contributed by atoms with van der Waals surface area (Å²) in [6, 6.07) is 4.43. The number of hydrogen-bond acceptors (Lipinski definition) is 6. The number of aryl methyl sites for hydroxylation is 1. The number of rotatable bonds is 6. The van der Waals surface area contributed by atoms with Gasteiger partial charge in [-0.25, -0.2) is 4.98 Å². The number of nitrogens with zero attached hydrogens (tertiary/aromatic N) is 4. The molecule has 1 aliphatic rings. The molecular formula is C22H22Cl2F3N7O. The number of hydrogen-bond donors (Lipinski definition) is 3. The second kappa shape index (κ2) is 10.3. The maximum Gasteiger partial charge on any atom is 0.471 e. The molecule has 0 saturated heterocycles. The van der Waals surface area contributed by atoms with Crippen LogP contribution in [0.5, 0.6) is 0 Å². The van der Waals surface area contributed by atoms with Crippen molar-refractivity contribution in [3.8, 4) is 11.1 Å². The molecule has 3 N–H and O–H groups in total. The SMILES string of the molecule is Cn1cc(-c2cnc(Nc3cc(Cl)cc(Cl)c3)nc2NC2CCC(NC(=O)C(F)(F)F)CC2)cn1. The molecule has 4 rings (SSSR count). The average Bonchev–Trinajstić information content (AvgIpc) is 3.20. The van der Waals surface area contributed by atoms with E-state index in [1.807, 2.05) is 6.20 Å². The predicted octanol–water partition coefficient (Wildman–Crippen LogP) is 5.33. The lowest BCUT2D eigenvalue weighted by molar-refractivity contribution is -0.174. The van der Waals surface area contributed by atoms with Gasteiger partial charge in [-0.1, -0.05) is 23.2 Å². The number of benzene rings is 1. The van der Waals surface area contributed by atoms with Gasteiger partial charge in [0, 0.05) is 58.4 Å². The van der Waals surface area contributed by atoms with Crippen molar-refractivity contribution in [2.75, 3.05) is 10.6 Å². The van der Waals surface area contributed by atoms with Crippen LogP contribution in [0, 0.1) is 0 Å². The topological polar surface area (TPSA) is 96.8 Å². The molecular weight excluding hydrogens is 506 g/mol. The third-order valence-corrected chi connectivity index (χ3v) is 6.02. The van der Waals surface area contributed by atoms with Gasteiger partial charge in [0.15, 0.2) is 0 Å². The smallest absolute Gasteiger partial charge is 0.367 e. The fourth-order valence-corrected chi connectivity index (χ4v) is 4.45. The van der Waals surface area contributed by atoms with Gasteiger partial charge in [-0.2, -0.15) is 23.3 Å². The third-order valence-electron chi connectivity index (χ3n) is 5.58. The summed E-state index contributed by atoms with van der Waals surface area (Å²) in [5, 5.41) is 13.7. The number of aromatic nitrogens is 4. The molecule has 3 aromatic rings. The van der Waals surface area contributed by atoms with Crippen LogP contribution < -0.4 is 16.0 Å². The Balaban J connectivity index is 1.51. The van der Waals surface area contributed by atoms with Crippen LogP contribution in [-0.2, 0) is 11.8 Å². The van der Waals surface area contributed by atoms with Gasteiger partial charge in [-0.15, -0.1) is 0 Å². The normalized spacial score (nSPS) is 18.2. The van der Waals surface area contributed by atoms with Crippen LogP contribution in [0.25, 0.3) is 11.1 Å². The summed E-state index contributed by atoms with van der Waals surface area (Å²) >= 11 is 12.2. The standard InChI is InChI=1S/C22H22Cl2F3N7O/c1-34-11-12(9-29-34)18-10-28-21(32-17-7-13(23)6-14(24)8-17)33-19(18)30-15-2-4-16(5-3-15)31-20(35)22(25,26)27/h6-11,15-16H,2-5H2,1H3,(H,31,35)(H2,28,30,32,33). The number of halogens is 5. The summed E-state index contributed by atoms with van der Waals surface area (Å²) in [7, 11) is 1.80. The zero-order chi connectivity index (χ0) is 25.2. The lowest BCUT2D eigenvalue weighted by Crippen LogP contribution is -2.45. The van der Waals surface area contributed by atoms with Gasteiger partial charge in [0.2, 0.25) is 5.95 Å². The molecule has 1 amide bonds. The van der Waals surface area contributed by atoms with E-state index in [-0.39, 0.29) is 6.04 Å². The van der Waals surface area contributed by atoms with Crippen molar-refractivity contribution in [1.82, 2.24) is 25.1 Å². The van der Waals surface area contributed by atoms with Crippen molar-refractivity contribution in [1.29, 1.82) is 0 Å². The average molecular weight is 528 g/mol. The Labute approximate surface area is 209 Å². The Kier molecular flexibility index (Phi) is 7.36. The molecule has 35 heavy (non-hydrogen) atoms. The first-order chi connectivity index (χ1) is 16.6. The molecule has 2 heterocycles. The molecule has 0 bridgehead atoms. The monoisotopic (exact) mass is 527 g/mol. The number of anilines is 3. The summed E-state index contributed by atoms with van der Waals surface area (Å²) in [5.74, 6) is -1.04. The summed E-state index contributed by atoms with van der Waals surface area (Å²) in [4.78, 5) is 20.3. The molecule has 0 atom stereocenters. The van der Waals surface area contributed by atoms with Crippen molar-refractivity contribution in [2.45, 2.75) is 43.9 Å². The highest BCUT2D eigenvalue weighted by Gasteiger charge is 2.40. The van der Waals surface area contributed by atoms with Crippen molar-refractivity contribution in [3.05, 3.63) is 46.8 Å². The fourth-order valence-electron chi connectivity index (χ4n) is 3.92. The fraction of sp³-hybridized carbons (Fsp3) is 0.364. The van der Waals surface area contributed by atoms with Crippen molar-refractivity contribution >= 4 is 46.6 Å². The van der Waals surface area contributed by atoms with E-state index in [4.69, 9.17) is 23.2 Å². The predicted molar refractivity (Wildman–Crippen MR) is 128 cm³/mol. The quantitative estimate of drug-likeness (QED) is 0.401. The second-order valence-corrected chi connectivity index (χ2v) is 9.18. The van der Waals surface area contributed by atoms with E-state index in [0.29, 0.717) is 53.2 Å². The van der Waals surface area contributed by atoms with Crippen LogP contribution in [0.3, 0.4) is 0 Å². The van der Waals surface area contributed by atoms with Crippen LogP contribution in [-0.4, -0.2) is 43.9 Å². The highest BCUT2D eigenvalue weighted by atomic mass is 35.5. The number of nitrogens with one attached hydrogen (secondary N) is 3.